The molecule has 0 saturated heterocycles. The van der Waals surface area contributed by atoms with Crippen LogP contribution >= 0.6 is 0 Å². The molecule has 0 unspecified atom stereocenters. The highest BCUT2D eigenvalue weighted by Gasteiger charge is 2.36. The van der Waals surface area contributed by atoms with Gasteiger partial charge in [-0.3, -0.25) is 9.69 Å². The van der Waals surface area contributed by atoms with Crippen molar-refractivity contribution in [3.8, 4) is 0 Å². The van der Waals surface area contributed by atoms with Crippen LogP contribution in [0.4, 0.5) is 0 Å². The van der Waals surface area contributed by atoms with Gasteiger partial charge in [-0.2, -0.15) is 0 Å². The molecule has 0 saturated carbocycles. The molecule has 0 fully saturated rings. The Morgan fingerprint density at radius 3 is 2.38 bits per heavy atom. The maximum Gasteiger partial charge on any atom is 0.323 e. The molecule has 0 aromatic carbocycles. The third-order valence-electron chi connectivity index (χ3n) is 2.46. The van der Waals surface area contributed by atoms with Crippen molar-refractivity contribution < 1.29 is 15.0 Å². The molecule has 0 rings (SSSR count). The van der Waals surface area contributed by atoms with E-state index in [1.54, 1.807) is 18.9 Å². The molecular weight excluding hydrogens is 170 g/mol. The number of nitrogens with zero attached hydrogens (tertiary/aromatic N) is 1. The predicted molar refractivity (Wildman–Crippen MR) is 50.7 cm³/mol. The summed E-state index contributed by atoms with van der Waals surface area (Å²) in [5, 5.41) is 17.8. The summed E-state index contributed by atoms with van der Waals surface area (Å²) in [5.74, 6) is -0.877. The van der Waals surface area contributed by atoms with Gasteiger partial charge in [0.2, 0.25) is 0 Å². The van der Waals surface area contributed by atoms with Crippen molar-refractivity contribution in [2.24, 2.45) is 0 Å². The topological polar surface area (TPSA) is 60.8 Å². The van der Waals surface area contributed by atoms with E-state index < -0.39 is 11.5 Å². The molecule has 13 heavy (non-hydrogen) atoms. The second-order valence-corrected chi connectivity index (χ2v) is 3.47. The van der Waals surface area contributed by atoms with Crippen LogP contribution in [0, 0.1) is 0 Å². The molecule has 0 aliphatic rings. The predicted octanol–water partition coefficient (Wildman–Crippen LogP) is 0.554. The van der Waals surface area contributed by atoms with E-state index in [1.165, 1.54) is 0 Å². The molecular formula is C9H19NO3. The third-order valence-corrected chi connectivity index (χ3v) is 2.46. The van der Waals surface area contributed by atoms with Crippen LogP contribution in [0.1, 0.15) is 26.7 Å². The first-order chi connectivity index (χ1) is 5.99. The van der Waals surface area contributed by atoms with Gasteiger partial charge in [-0.1, -0.05) is 6.92 Å². The Bertz CT molecular complexity index is 172. The highest BCUT2D eigenvalue weighted by atomic mass is 16.4. The molecule has 0 aromatic heterocycles. The highest BCUT2D eigenvalue weighted by molar-refractivity contribution is 5.78. The molecule has 0 amide bonds. The molecule has 1 atom stereocenters. The highest BCUT2D eigenvalue weighted by Crippen LogP contribution is 2.18. The van der Waals surface area contributed by atoms with Crippen LogP contribution in [-0.4, -0.2) is 46.8 Å². The van der Waals surface area contributed by atoms with Crippen molar-refractivity contribution in [1.82, 2.24) is 4.90 Å². The first-order valence-electron chi connectivity index (χ1n) is 4.54. The van der Waals surface area contributed by atoms with Crippen molar-refractivity contribution in [2.75, 3.05) is 20.2 Å². The molecule has 78 valence electrons. The van der Waals surface area contributed by atoms with Gasteiger partial charge < -0.3 is 10.2 Å². The minimum atomic E-state index is -0.940. The molecule has 0 aromatic rings. The number of carboxylic acid groups (broad SMARTS) is 1. The van der Waals surface area contributed by atoms with E-state index in [9.17, 15) is 4.79 Å². The smallest absolute Gasteiger partial charge is 0.323 e. The number of carbonyl (C=O) groups is 1. The molecule has 0 bridgehead atoms. The SMILES string of the molecule is CCCN(C)[C@@](C)(CCO)C(=O)O. The number of hydrogen-bond donors (Lipinski definition) is 2. The fourth-order valence-electron chi connectivity index (χ4n) is 1.26. The lowest BCUT2D eigenvalue weighted by Gasteiger charge is -2.34. The van der Waals surface area contributed by atoms with Gasteiger partial charge in [0.15, 0.2) is 0 Å². The van der Waals surface area contributed by atoms with Crippen LogP contribution in [0.25, 0.3) is 0 Å². The normalized spacial score (nSPS) is 15.8. The number of carboxylic acids is 1. The van der Waals surface area contributed by atoms with E-state index in [4.69, 9.17) is 10.2 Å². The van der Waals surface area contributed by atoms with Crippen molar-refractivity contribution >= 4 is 5.97 Å². The number of likely N-dealkylation sites (N-methyl/N-ethyl adjacent to an activating group) is 1. The molecule has 4 nitrogen and oxygen atoms in total. The summed E-state index contributed by atoms with van der Waals surface area (Å²) in [6.07, 6.45) is 1.17. The molecule has 2 N–H and O–H groups in total. The van der Waals surface area contributed by atoms with Crippen molar-refractivity contribution in [3.63, 3.8) is 0 Å². The Morgan fingerprint density at radius 1 is 1.54 bits per heavy atom. The quantitative estimate of drug-likeness (QED) is 0.640. The average Bonchev–Trinajstić information content (AvgIpc) is 2.04. The molecule has 0 spiro atoms. The molecule has 0 radical (unpaired) electrons. The number of aliphatic hydroxyl groups is 1. The monoisotopic (exact) mass is 189 g/mol. The van der Waals surface area contributed by atoms with Crippen LogP contribution < -0.4 is 0 Å². The van der Waals surface area contributed by atoms with Gasteiger partial charge in [0.1, 0.15) is 5.54 Å². The Labute approximate surface area is 79.2 Å². The van der Waals surface area contributed by atoms with Gasteiger partial charge >= 0.3 is 5.97 Å². The summed E-state index contributed by atoms with van der Waals surface area (Å²) in [7, 11) is 1.77. The minimum Gasteiger partial charge on any atom is -0.480 e. The summed E-state index contributed by atoms with van der Waals surface area (Å²) in [4.78, 5) is 12.7. The fourth-order valence-corrected chi connectivity index (χ4v) is 1.26. The van der Waals surface area contributed by atoms with Crippen molar-refractivity contribution in [2.45, 2.75) is 32.2 Å². The van der Waals surface area contributed by atoms with Crippen LogP contribution in [0.2, 0.25) is 0 Å². The lowest BCUT2D eigenvalue weighted by atomic mass is 9.96. The molecule has 4 heteroatoms. The van der Waals surface area contributed by atoms with Gasteiger partial charge in [0, 0.05) is 6.61 Å². The Kier molecular flexibility index (Phi) is 4.95. The number of hydrogen-bond acceptors (Lipinski definition) is 3. The third kappa shape index (κ3) is 2.97. The van der Waals surface area contributed by atoms with E-state index in [0.29, 0.717) is 0 Å². The minimum absolute atomic E-state index is 0.100. The zero-order valence-corrected chi connectivity index (χ0v) is 8.58. The van der Waals surface area contributed by atoms with Gasteiger partial charge in [-0.15, -0.1) is 0 Å². The summed E-state index contributed by atoms with van der Waals surface area (Å²) in [6, 6.07) is 0. The van der Waals surface area contributed by atoms with Crippen LogP contribution in [0.3, 0.4) is 0 Å². The second kappa shape index (κ2) is 5.19. The maximum absolute atomic E-state index is 11.0. The van der Waals surface area contributed by atoms with Crippen LogP contribution in [-0.2, 0) is 4.79 Å². The summed E-state index contributed by atoms with van der Waals surface area (Å²) in [6.45, 7) is 4.26. The van der Waals surface area contributed by atoms with Crippen LogP contribution in [0.15, 0.2) is 0 Å². The summed E-state index contributed by atoms with van der Waals surface area (Å²) >= 11 is 0. The summed E-state index contributed by atoms with van der Waals surface area (Å²) < 4.78 is 0. The lowest BCUT2D eigenvalue weighted by Crippen LogP contribution is -2.51. The Hall–Kier alpha value is -0.610. The van der Waals surface area contributed by atoms with Crippen molar-refractivity contribution in [1.29, 1.82) is 0 Å². The maximum atomic E-state index is 11.0. The summed E-state index contributed by atoms with van der Waals surface area (Å²) in [5.41, 5.74) is -0.940. The van der Waals surface area contributed by atoms with Gasteiger partial charge in [-0.25, -0.2) is 0 Å². The van der Waals surface area contributed by atoms with Gasteiger partial charge in [0.05, 0.1) is 0 Å². The standard InChI is InChI=1S/C9H19NO3/c1-4-6-10(3)9(2,5-7-11)8(12)13/h11H,4-7H2,1-3H3,(H,12,13)/t9-/m0/s1. The zero-order chi connectivity index (χ0) is 10.5. The molecule has 0 heterocycles. The Morgan fingerprint density at radius 2 is 2.08 bits per heavy atom. The van der Waals surface area contributed by atoms with E-state index in [-0.39, 0.29) is 13.0 Å². The van der Waals surface area contributed by atoms with E-state index in [2.05, 4.69) is 0 Å². The lowest BCUT2D eigenvalue weighted by molar-refractivity contribution is -0.150. The largest absolute Gasteiger partial charge is 0.480 e. The Balaban J connectivity index is 4.47. The average molecular weight is 189 g/mol. The van der Waals surface area contributed by atoms with Gasteiger partial charge in [-0.05, 0) is 33.4 Å². The second-order valence-electron chi connectivity index (χ2n) is 3.47. The van der Waals surface area contributed by atoms with Crippen molar-refractivity contribution in [3.05, 3.63) is 0 Å². The first kappa shape index (κ1) is 12.4. The zero-order valence-electron chi connectivity index (χ0n) is 8.58. The van der Waals surface area contributed by atoms with E-state index >= 15 is 0 Å². The van der Waals surface area contributed by atoms with E-state index in [1.807, 2.05) is 6.92 Å². The molecule has 0 aliphatic carbocycles. The van der Waals surface area contributed by atoms with E-state index in [0.717, 1.165) is 13.0 Å². The fraction of sp³-hybridized carbons (Fsp3) is 0.889. The number of aliphatic carboxylic acids is 1. The number of aliphatic hydroxyl groups excluding tert-OH is 1. The number of rotatable bonds is 6. The molecule has 0 aliphatic heterocycles. The van der Waals surface area contributed by atoms with Crippen LogP contribution in [0.5, 0.6) is 0 Å². The first-order valence-corrected chi connectivity index (χ1v) is 4.54. The van der Waals surface area contributed by atoms with Gasteiger partial charge in [0.25, 0.3) is 0 Å².